The predicted octanol–water partition coefficient (Wildman–Crippen LogP) is 4.10. The van der Waals surface area contributed by atoms with Gasteiger partial charge in [-0.1, -0.05) is 18.2 Å². The van der Waals surface area contributed by atoms with E-state index in [9.17, 15) is 0 Å². The van der Waals surface area contributed by atoms with Gasteiger partial charge in [0, 0.05) is 12.7 Å². The van der Waals surface area contributed by atoms with Gasteiger partial charge in [0.25, 0.3) is 0 Å². The van der Waals surface area contributed by atoms with E-state index >= 15 is 0 Å². The van der Waals surface area contributed by atoms with E-state index in [0.717, 1.165) is 36.5 Å². The number of aryl methyl sites for hydroxylation is 2. The average molecular weight is 343 g/mol. The molecule has 0 spiro atoms. The van der Waals surface area contributed by atoms with Crippen molar-refractivity contribution in [3.63, 3.8) is 0 Å². The van der Waals surface area contributed by atoms with Crippen molar-refractivity contribution in [2.24, 2.45) is 0 Å². The fourth-order valence-electron chi connectivity index (χ4n) is 2.24. The molecule has 0 aliphatic heterocycles. The molecule has 0 unspecified atom stereocenters. The minimum Gasteiger partial charge on any atom is -0.491 e. The lowest BCUT2D eigenvalue weighted by molar-refractivity contribution is 0.242. The van der Waals surface area contributed by atoms with E-state index in [4.69, 9.17) is 17.0 Å². The van der Waals surface area contributed by atoms with E-state index in [1.54, 1.807) is 0 Å². The van der Waals surface area contributed by atoms with Gasteiger partial charge in [0.2, 0.25) is 0 Å². The molecular weight excluding hydrogens is 318 g/mol. The molecule has 0 radical (unpaired) electrons. The number of thiocarbonyl (C=S) groups is 1. The Bertz CT molecular complexity index is 656. The molecule has 24 heavy (non-hydrogen) atoms. The molecule has 128 valence electrons. The summed E-state index contributed by atoms with van der Waals surface area (Å²) in [5.74, 6) is 1.69. The molecule has 2 rings (SSSR count). The quantitative estimate of drug-likeness (QED) is 0.585. The van der Waals surface area contributed by atoms with Crippen LogP contribution in [0.4, 0.5) is 5.82 Å². The molecule has 0 fully saturated rings. The normalized spacial score (nSPS) is 10.5. The van der Waals surface area contributed by atoms with Crippen molar-refractivity contribution in [2.45, 2.75) is 39.7 Å². The van der Waals surface area contributed by atoms with Gasteiger partial charge in [0.1, 0.15) is 11.6 Å². The van der Waals surface area contributed by atoms with Crippen LogP contribution in [0, 0.1) is 6.92 Å². The number of nitrogens with one attached hydrogen (secondary N) is 2. The molecule has 0 saturated carbocycles. The molecule has 1 aromatic heterocycles. The summed E-state index contributed by atoms with van der Waals surface area (Å²) in [4.78, 5) is 4.27. The molecule has 1 aromatic carbocycles. The molecule has 0 saturated heterocycles. The molecule has 2 aromatic rings. The monoisotopic (exact) mass is 343 g/mol. The molecule has 5 heteroatoms. The molecule has 0 amide bonds. The highest BCUT2D eigenvalue weighted by Gasteiger charge is 2.01. The number of aromatic nitrogens is 1. The lowest BCUT2D eigenvalue weighted by Gasteiger charge is -2.12. The third-order valence-corrected chi connectivity index (χ3v) is 3.60. The molecule has 1 heterocycles. The van der Waals surface area contributed by atoms with Crippen molar-refractivity contribution >= 4 is 23.1 Å². The first-order chi connectivity index (χ1) is 11.5. The summed E-state index contributed by atoms with van der Waals surface area (Å²) in [5, 5.41) is 6.90. The van der Waals surface area contributed by atoms with Gasteiger partial charge in [-0.05, 0) is 75.2 Å². The number of pyridine rings is 1. The largest absolute Gasteiger partial charge is 0.491 e. The second-order valence-corrected chi connectivity index (χ2v) is 6.43. The Morgan fingerprint density at radius 2 is 2.08 bits per heavy atom. The maximum absolute atomic E-state index is 5.72. The fraction of sp³-hybridized carbons (Fsp3) is 0.368. The van der Waals surface area contributed by atoms with Crippen molar-refractivity contribution in [1.82, 2.24) is 10.3 Å². The van der Waals surface area contributed by atoms with Crippen molar-refractivity contribution in [1.29, 1.82) is 0 Å². The SMILES string of the molecule is Cc1ccc(NC(=S)NCCCc2cccc(OC(C)C)c2)nc1. The zero-order valence-electron chi connectivity index (χ0n) is 14.5. The van der Waals surface area contributed by atoms with Crippen LogP contribution >= 0.6 is 12.2 Å². The summed E-state index contributed by atoms with van der Waals surface area (Å²) in [6.45, 7) is 6.89. The van der Waals surface area contributed by atoms with E-state index in [-0.39, 0.29) is 6.10 Å². The van der Waals surface area contributed by atoms with Gasteiger partial charge < -0.3 is 15.4 Å². The summed E-state index contributed by atoms with van der Waals surface area (Å²) in [6.07, 6.45) is 3.99. The van der Waals surface area contributed by atoms with Gasteiger partial charge in [0.05, 0.1) is 6.10 Å². The van der Waals surface area contributed by atoms with Crippen LogP contribution in [0.25, 0.3) is 0 Å². The number of benzene rings is 1. The van der Waals surface area contributed by atoms with Gasteiger partial charge in [0.15, 0.2) is 5.11 Å². The van der Waals surface area contributed by atoms with Crippen LogP contribution in [0.3, 0.4) is 0 Å². The standard InChI is InChI=1S/C19H25N3OS/c1-14(2)23-17-8-4-6-16(12-17)7-5-11-20-19(24)22-18-10-9-15(3)13-21-18/h4,6,8-10,12-14H,5,7,11H2,1-3H3,(H2,20,21,22,24). The number of anilines is 1. The number of hydrogen-bond acceptors (Lipinski definition) is 3. The zero-order valence-corrected chi connectivity index (χ0v) is 15.3. The van der Waals surface area contributed by atoms with Crippen LogP contribution in [0.2, 0.25) is 0 Å². The minimum absolute atomic E-state index is 0.195. The summed E-state index contributed by atoms with van der Waals surface area (Å²) < 4.78 is 5.72. The molecule has 0 bridgehead atoms. The van der Waals surface area contributed by atoms with Crippen LogP contribution in [0.5, 0.6) is 5.75 Å². The first kappa shape index (κ1) is 18.2. The molecule has 0 aliphatic carbocycles. The number of rotatable bonds is 7. The van der Waals surface area contributed by atoms with Gasteiger partial charge in [-0.15, -0.1) is 0 Å². The highest BCUT2D eigenvalue weighted by Crippen LogP contribution is 2.16. The second kappa shape index (κ2) is 9.23. The van der Waals surface area contributed by atoms with Crippen molar-refractivity contribution < 1.29 is 4.74 Å². The predicted molar refractivity (Wildman–Crippen MR) is 104 cm³/mol. The van der Waals surface area contributed by atoms with E-state index in [2.05, 4.69) is 27.8 Å². The Balaban J connectivity index is 1.70. The third kappa shape index (κ3) is 6.54. The second-order valence-electron chi connectivity index (χ2n) is 6.02. The minimum atomic E-state index is 0.195. The Morgan fingerprint density at radius 3 is 2.79 bits per heavy atom. The van der Waals surface area contributed by atoms with Crippen molar-refractivity contribution in [2.75, 3.05) is 11.9 Å². The van der Waals surface area contributed by atoms with Crippen LogP contribution in [-0.2, 0) is 6.42 Å². The Morgan fingerprint density at radius 1 is 1.25 bits per heavy atom. The van der Waals surface area contributed by atoms with Crippen molar-refractivity contribution in [3.05, 3.63) is 53.7 Å². The average Bonchev–Trinajstić information content (AvgIpc) is 2.53. The van der Waals surface area contributed by atoms with E-state index in [0.29, 0.717) is 5.11 Å². The zero-order chi connectivity index (χ0) is 17.4. The Labute approximate surface area is 149 Å². The number of nitrogens with zero attached hydrogens (tertiary/aromatic N) is 1. The third-order valence-electron chi connectivity index (χ3n) is 3.35. The molecule has 0 aliphatic rings. The first-order valence-corrected chi connectivity index (χ1v) is 8.67. The number of ether oxygens (including phenoxy) is 1. The van der Waals surface area contributed by atoms with Crippen LogP contribution in [0.1, 0.15) is 31.4 Å². The first-order valence-electron chi connectivity index (χ1n) is 8.26. The molecule has 0 atom stereocenters. The summed E-state index contributed by atoms with van der Waals surface area (Å²) in [5.41, 5.74) is 2.40. The van der Waals surface area contributed by atoms with Crippen molar-refractivity contribution in [3.8, 4) is 5.75 Å². The summed E-state index contributed by atoms with van der Waals surface area (Å²) >= 11 is 5.28. The fourth-order valence-corrected chi connectivity index (χ4v) is 2.45. The summed E-state index contributed by atoms with van der Waals surface area (Å²) in [7, 11) is 0. The van der Waals surface area contributed by atoms with Gasteiger partial charge in [-0.3, -0.25) is 0 Å². The maximum atomic E-state index is 5.72. The van der Waals surface area contributed by atoms with E-state index in [1.807, 2.05) is 51.2 Å². The molecule has 4 nitrogen and oxygen atoms in total. The van der Waals surface area contributed by atoms with Gasteiger partial charge in [-0.2, -0.15) is 0 Å². The highest BCUT2D eigenvalue weighted by molar-refractivity contribution is 7.80. The molecular formula is C19H25N3OS. The smallest absolute Gasteiger partial charge is 0.171 e. The molecule has 2 N–H and O–H groups in total. The van der Waals surface area contributed by atoms with Crippen LogP contribution < -0.4 is 15.4 Å². The summed E-state index contributed by atoms with van der Waals surface area (Å²) in [6, 6.07) is 12.2. The van der Waals surface area contributed by atoms with Gasteiger partial charge in [-0.25, -0.2) is 4.98 Å². The Hall–Kier alpha value is -2.14. The lowest BCUT2D eigenvalue weighted by atomic mass is 10.1. The van der Waals surface area contributed by atoms with Crippen LogP contribution in [-0.4, -0.2) is 22.7 Å². The van der Waals surface area contributed by atoms with E-state index in [1.165, 1.54) is 5.56 Å². The van der Waals surface area contributed by atoms with Crippen LogP contribution in [0.15, 0.2) is 42.6 Å². The topological polar surface area (TPSA) is 46.2 Å². The Kier molecular flexibility index (Phi) is 7.00. The number of hydrogen-bond donors (Lipinski definition) is 2. The van der Waals surface area contributed by atoms with Gasteiger partial charge >= 0.3 is 0 Å². The van der Waals surface area contributed by atoms with E-state index < -0.39 is 0 Å². The highest BCUT2D eigenvalue weighted by atomic mass is 32.1. The maximum Gasteiger partial charge on any atom is 0.171 e. The lowest BCUT2D eigenvalue weighted by Crippen LogP contribution is -2.29.